The number of hydrogen-bond acceptors (Lipinski definition) is 2. The number of ether oxygens (including phenoxy) is 1. The van der Waals surface area contributed by atoms with E-state index in [9.17, 15) is 0 Å². The first kappa shape index (κ1) is 11.9. The molecule has 0 heterocycles. The van der Waals surface area contributed by atoms with Crippen LogP contribution in [0, 0.1) is 14.9 Å². The summed E-state index contributed by atoms with van der Waals surface area (Å²) in [4.78, 5) is 0. The number of para-hydroxylation sites is 1. The Morgan fingerprint density at radius 2 is 1.76 bits per heavy atom. The Hall–Kier alpha value is -1.54. The van der Waals surface area contributed by atoms with Gasteiger partial charge in [-0.15, -0.1) is 0 Å². The molecule has 0 radical (unpaired) electrons. The van der Waals surface area contributed by atoms with Gasteiger partial charge in [0, 0.05) is 5.56 Å². The van der Waals surface area contributed by atoms with Gasteiger partial charge < -0.3 is 4.74 Å². The molecule has 84 valence electrons. The van der Waals surface area contributed by atoms with Crippen LogP contribution >= 0.6 is 22.6 Å². The van der Waals surface area contributed by atoms with Gasteiger partial charge in [0.2, 0.25) is 0 Å². The van der Waals surface area contributed by atoms with Crippen molar-refractivity contribution in [2.45, 2.75) is 6.61 Å². The zero-order valence-corrected chi connectivity index (χ0v) is 11.2. The van der Waals surface area contributed by atoms with E-state index in [-0.39, 0.29) is 0 Å². The van der Waals surface area contributed by atoms with Gasteiger partial charge >= 0.3 is 0 Å². The summed E-state index contributed by atoms with van der Waals surface area (Å²) in [6.45, 7) is 0.420. The molecule has 0 aliphatic carbocycles. The topological polar surface area (TPSA) is 33.0 Å². The molecule has 0 saturated heterocycles. The lowest BCUT2D eigenvalue weighted by atomic mass is 10.1. The highest BCUT2D eigenvalue weighted by molar-refractivity contribution is 14.1. The molecule has 0 saturated carbocycles. The summed E-state index contributed by atoms with van der Waals surface area (Å²) in [6.07, 6.45) is 0. The van der Waals surface area contributed by atoms with Gasteiger partial charge in [0.25, 0.3) is 0 Å². The van der Waals surface area contributed by atoms with Crippen molar-refractivity contribution < 1.29 is 4.74 Å². The summed E-state index contributed by atoms with van der Waals surface area (Å²) in [5.74, 6) is 0.848. The molecule has 3 heteroatoms. The average molecular weight is 335 g/mol. The number of halogens is 1. The largest absolute Gasteiger partial charge is 0.488 e. The number of rotatable bonds is 3. The Bertz CT molecular complexity index is 560. The molecule has 0 aliphatic rings. The van der Waals surface area contributed by atoms with Gasteiger partial charge in [-0.05, 0) is 40.8 Å². The second-order valence-electron chi connectivity index (χ2n) is 3.49. The van der Waals surface area contributed by atoms with Crippen molar-refractivity contribution in [1.82, 2.24) is 0 Å². The van der Waals surface area contributed by atoms with E-state index in [1.807, 2.05) is 42.5 Å². The fourth-order valence-corrected chi connectivity index (χ4v) is 2.02. The predicted octanol–water partition coefficient (Wildman–Crippen LogP) is 3.74. The van der Waals surface area contributed by atoms with Crippen molar-refractivity contribution in [2.24, 2.45) is 0 Å². The molecular formula is C14H10INO. The van der Waals surface area contributed by atoms with Gasteiger partial charge in [-0.25, -0.2) is 0 Å². The molecule has 0 atom stereocenters. The highest BCUT2D eigenvalue weighted by Crippen LogP contribution is 2.21. The van der Waals surface area contributed by atoms with Gasteiger partial charge in [-0.3, -0.25) is 0 Å². The quantitative estimate of drug-likeness (QED) is 0.801. The summed E-state index contributed by atoms with van der Waals surface area (Å²) in [6, 6.07) is 17.5. The standard InChI is InChI=1S/C14H10INO/c15-13-7-3-4-8-14(13)17-10-12-6-2-1-5-11(12)9-16/h1-8H,10H2. The van der Waals surface area contributed by atoms with Crippen LogP contribution in [-0.4, -0.2) is 0 Å². The first-order valence-corrected chi connectivity index (χ1v) is 6.24. The Balaban J connectivity index is 2.13. The van der Waals surface area contributed by atoms with Crippen LogP contribution in [0.25, 0.3) is 0 Å². The van der Waals surface area contributed by atoms with Crippen LogP contribution in [0.5, 0.6) is 5.75 Å². The minimum absolute atomic E-state index is 0.420. The third-order valence-electron chi connectivity index (χ3n) is 2.36. The average Bonchev–Trinajstić information content (AvgIpc) is 2.38. The van der Waals surface area contributed by atoms with E-state index in [1.165, 1.54) is 0 Å². The van der Waals surface area contributed by atoms with Crippen LogP contribution in [-0.2, 0) is 6.61 Å². The summed E-state index contributed by atoms with van der Waals surface area (Å²) in [7, 11) is 0. The van der Waals surface area contributed by atoms with Gasteiger partial charge in [0.05, 0.1) is 15.2 Å². The van der Waals surface area contributed by atoms with E-state index in [4.69, 9.17) is 10.00 Å². The molecular weight excluding hydrogens is 325 g/mol. The zero-order valence-electron chi connectivity index (χ0n) is 9.06. The third kappa shape index (κ3) is 2.98. The highest BCUT2D eigenvalue weighted by atomic mass is 127. The summed E-state index contributed by atoms with van der Waals surface area (Å²) < 4.78 is 6.78. The molecule has 2 rings (SSSR count). The maximum atomic E-state index is 8.96. The lowest BCUT2D eigenvalue weighted by molar-refractivity contribution is 0.303. The molecule has 0 fully saturated rings. The van der Waals surface area contributed by atoms with Crippen LogP contribution in [0.4, 0.5) is 0 Å². The maximum Gasteiger partial charge on any atom is 0.133 e. The molecule has 0 N–H and O–H groups in total. The Morgan fingerprint density at radius 3 is 2.53 bits per heavy atom. The molecule has 0 unspecified atom stereocenters. The second-order valence-corrected chi connectivity index (χ2v) is 4.65. The van der Waals surface area contributed by atoms with Crippen molar-refractivity contribution in [1.29, 1.82) is 5.26 Å². The van der Waals surface area contributed by atoms with Crippen LogP contribution in [0.3, 0.4) is 0 Å². The number of nitriles is 1. The SMILES string of the molecule is N#Cc1ccccc1COc1ccccc1I. The van der Waals surface area contributed by atoms with Crippen molar-refractivity contribution in [3.8, 4) is 11.8 Å². The van der Waals surface area contributed by atoms with Gasteiger partial charge in [-0.1, -0.05) is 30.3 Å². The summed E-state index contributed by atoms with van der Waals surface area (Å²) >= 11 is 2.23. The fourth-order valence-electron chi connectivity index (χ4n) is 1.47. The smallest absolute Gasteiger partial charge is 0.133 e. The van der Waals surface area contributed by atoms with Crippen LogP contribution < -0.4 is 4.74 Å². The lowest BCUT2D eigenvalue weighted by Crippen LogP contribution is -1.99. The number of hydrogen-bond donors (Lipinski definition) is 0. The van der Waals surface area contributed by atoms with E-state index in [2.05, 4.69) is 28.7 Å². The van der Waals surface area contributed by atoms with Crippen LogP contribution in [0.2, 0.25) is 0 Å². The summed E-state index contributed by atoms with van der Waals surface area (Å²) in [5, 5.41) is 8.96. The molecule has 0 amide bonds. The molecule has 17 heavy (non-hydrogen) atoms. The number of nitrogens with zero attached hydrogens (tertiary/aromatic N) is 1. The molecule has 0 aromatic heterocycles. The zero-order chi connectivity index (χ0) is 12.1. The molecule has 2 aromatic rings. The molecule has 0 spiro atoms. The highest BCUT2D eigenvalue weighted by Gasteiger charge is 2.03. The molecule has 2 aromatic carbocycles. The molecule has 0 aliphatic heterocycles. The van der Waals surface area contributed by atoms with Crippen LogP contribution in [0.15, 0.2) is 48.5 Å². The minimum atomic E-state index is 0.420. The molecule has 2 nitrogen and oxygen atoms in total. The molecule has 0 bridgehead atoms. The van der Waals surface area contributed by atoms with Crippen molar-refractivity contribution in [2.75, 3.05) is 0 Å². The van der Waals surface area contributed by atoms with Crippen molar-refractivity contribution in [3.63, 3.8) is 0 Å². The first-order valence-electron chi connectivity index (χ1n) is 5.16. The fraction of sp³-hybridized carbons (Fsp3) is 0.0714. The number of benzene rings is 2. The first-order chi connectivity index (χ1) is 8.31. The van der Waals surface area contributed by atoms with E-state index >= 15 is 0 Å². The monoisotopic (exact) mass is 335 g/mol. The third-order valence-corrected chi connectivity index (χ3v) is 3.25. The second kappa shape index (κ2) is 5.69. The lowest BCUT2D eigenvalue weighted by Gasteiger charge is -2.08. The van der Waals surface area contributed by atoms with E-state index in [0.29, 0.717) is 12.2 Å². The van der Waals surface area contributed by atoms with Crippen LogP contribution in [0.1, 0.15) is 11.1 Å². The Morgan fingerprint density at radius 1 is 1.06 bits per heavy atom. The van der Waals surface area contributed by atoms with E-state index in [0.717, 1.165) is 14.9 Å². The summed E-state index contributed by atoms with van der Waals surface area (Å²) in [5.41, 5.74) is 1.58. The van der Waals surface area contributed by atoms with E-state index in [1.54, 1.807) is 6.07 Å². The minimum Gasteiger partial charge on any atom is -0.488 e. The van der Waals surface area contributed by atoms with Gasteiger partial charge in [0.15, 0.2) is 0 Å². The Labute approximate surface area is 114 Å². The van der Waals surface area contributed by atoms with E-state index < -0.39 is 0 Å². The normalized spacial score (nSPS) is 9.65. The maximum absolute atomic E-state index is 8.96. The Kier molecular flexibility index (Phi) is 3.99. The van der Waals surface area contributed by atoms with Gasteiger partial charge in [-0.2, -0.15) is 5.26 Å². The predicted molar refractivity (Wildman–Crippen MR) is 74.6 cm³/mol. The van der Waals surface area contributed by atoms with Gasteiger partial charge in [0.1, 0.15) is 12.4 Å². The van der Waals surface area contributed by atoms with Crippen molar-refractivity contribution in [3.05, 3.63) is 63.2 Å². The van der Waals surface area contributed by atoms with Crippen molar-refractivity contribution >= 4 is 22.6 Å².